The number of hydrogen-bond acceptors (Lipinski definition) is 2. The molecule has 1 heterocycles. The summed E-state index contributed by atoms with van der Waals surface area (Å²) in [6.07, 6.45) is 5.73. The van der Waals surface area contributed by atoms with E-state index in [1.165, 1.54) is 12.8 Å². The van der Waals surface area contributed by atoms with Crippen molar-refractivity contribution in [3.8, 4) is 0 Å². The Morgan fingerprint density at radius 2 is 1.80 bits per heavy atom. The first kappa shape index (κ1) is 14.6. The Kier molecular flexibility index (Phi) is 4.56. The molecule has 1 saturated carbocycles. The van der Waals surface area contributed by atoms with E-state index in [0.29, 0.717) is 0 Å². The number of nitrogens with one attached hydrogen (secondary N) is 1. The van der Waals surface area contributed by atoms with Gasteiger partial charge in [0, 0.05) is 35.8 Å². The van der Waals surface area contributed by atoms with E-state index in [2.05, 4.69) is 5.32 Å². The predicted molar refractivity (Wildman–Crippen MR) is 83.7 cm³/mol. The van der Waals surface area contributed by atoms with E-state index in [1.807, 2.05) is 18.2 Å². The van der Waals surface area contributed by atoms with Crippen LogP contribution < -0.4 is 5.32 Å². The molecule has 4 heteroatoms. The van der Waals surface area contributed by atoms with Crippen LogP contribution in [0.3, 0.4) is 0 Å². The van der Waals surface area contributed by atoms with Crippen molar-refractivity contribution in [2.75, 3.05) is 19.8 Å². The van der Waals surface area contributed by atoms with E-state index in [9.17, 15) is 0 Å². The van der Waals surface area contributed by atoms with Crippen molar-refractivity contribution in [2.24, 2.45) is 5.41 Å². The fourth-order valence-electron chi connectivity index (χ4n) is 2.94. The number of rotatable bonds is 5. The molecule has 1 saturated heterocycles. The molecule has 2 aliphatic rings. The first-order valence-corrected chi connectivity index (χ1v) is 8.18. The molecule has 1 aromatic carbocycles. The maximum Gasteiger partial charge on any atom is 0.0471 e. The average Bonchev–Trinajstić information content (AvgIpc) is 3.27. The third kappa shape index (κ3) is 3.48. The third-order valence-electron chi connectivity index (χ3n) is 4.51. The van der Waals surface area contributed by atoms with Gasteiger partial charge in [-0.3, -0.25) is 0 Å². The van der Waals surface area contributed by atoms with Crippen LogP contribution in [0.5, 0.6) is 0 Å². The highest BCUT2D eigenvalue weighted by atomic mass is 35.5. The summed E-state index contributed by atoms with van der Waals surface area (Å²) in [5.74, 6) is 0. The van der Waals surface area contributed by atoms with Crippen LogP contribution in [0.25, 0.3) is 0 Å². The summed E-state index contributed by atoms with van der Waals surface area (Å²) in [4.78, 5) is 0. The molecule has 0 atom stereocenters. The van der Waals surface area contributed by atoms with Crippen LogP contribution in [0.1, 0.15) is 31.2 Å². The van der Waals surface area contributed by atoms with Gasteiger partial charge in [0.1, 0.15) is 0 Å². The van der Waals surface area contributed by atoms with Gasteiger partial charge in [0.05, 0.1) is 0 Å². The Morgan fingerprint density at radius 1 is 1.15 bits per heavy atom. The second kappa shape index (κ2) is 6.23. The molecule has 0 spiro atoms. The first-order valence-electron chi connectivity index (χ1n) is 7.43. The summed E-state index contributed by atoms with van der Waals surface area (Å²) in [6.45, 7) is 2.73. The lowest BCUT2D eigenvalue weighted by molar-refractivity contribution is 0.0148. The van der Waals surface area contributed by atoms with E-state index in [0.717, 1.165) is 60.7 Å². The lowest BCUT2D eigenvalue weighted by atomic mass is 9.75. The second-order valence-electron chi connectivity index (χ2n) is 6.14. The molecule has 110 valence electrons. The molecular formula is C16H21Cl2NO. The monoisotopic (exact) mass is 313 g/mol. The van der Waals surface area contributed by atoms with E-state index in [-0.39, 0.29) is 5.41 Å². The summed E-state index contributed by atoms with van der Waals surface area (Å²) in [7, 11) is 0. The molecule has 0 bridgehead atoms. The van der Waals surface area contributed by atoms with Gasteiger partial charge in [-0.15, -0.1) is 0 Å². The number of hydrogen-bond donors (Lipinski definition) is 1. The Balaban J connectivity index is 1.77. The van der Waals surface area contributed by atoms with E-state index in [1.54, 1.807) is 0 Å². The molecular weight excluding hydrogens is 293 g/mol. The molecule has 0 radical (unpaired) electrons. The van der Waals surface area contributed by atoms with Crippen molar-refractivity contribution in [3.63, 3.8) is 0 Å². The average molecular weight is 314 g/mol. The molecule has 2 fully saturated rings. The van der Waals surface area contributed by atoms with E-state index in [4.69, 9.17) is 27.9 Å². The van der Waals surface area contributed by atoms with Gasteiger partial charge in [-0.25, -0.2) is 0 Å². The zero-order valence-corrected chi connectivity index (χ0v) is 13.1. The minimum absolute atomic E-state index is 0.232. The van der Waals surface area contributed by atoms with E-state index >= 15 is 0 Å². The maximum atomic E-state index is 6.35. The van der Waals surface area contributed by atoms with Crippen LogP contribution in [-0.2, 0) is 11.2 Å². The van der Waals surface area contributed by atoms with Crippen LogP contribution in [0.15, 0.2) is 18.2 Å². The highest BCUT2D eigenvalue weighted by Gasteiger charge is 2.35. The van der Waals surface area contributed by atoms with Crippen molar-refractivity contribution in [3.05, 3.63) is 33.8 Å². The minimum atomic E-state index is 0.232. The Bertz CT molecular complexity index is 447. The Hall–Kier alpha value is -0.280. The first-order chi connectivity index (χ1) is 9.69. The molecule has 1 aliphatic heterocycles. The standard InChI is InChI=1S/C16H21Cl2NO/c17-14-2-1-3-15(18)13(14)10-16(6-8-20-9-7-16)11-19-12-4-5-12/h1-3,12,19H,4-11H2. The molecule has 1 aromatic rings. The predicted octanol–water partition coefficient (Wildman–Crippen LogP) is 4.08. The van der Waals surface area contributed by atoms with Gasteiger partial charge >= 0.3 is 0 Å². The van der Waals surface area contributed by atoms with Gasteiger partial charge in [0.2, 0.25) is 0 Å². The number of halogens is 2. The highest BCUT2D eigenvalue weighted by molar-refractivity contribution is 6.36. The van der Waals surface area contributed by atoms with Crippen molar-refractivity contribution < 1.29 is 4.74 Å². The molecule has 0 aromatic heterocycles. The highest BCUT2D eigenvalue weighted by Crippen LogP contribution is 2.38. The maximum absolute atomic E-state index is 6.35. The van der Waals surface area contributed by atoms with Crippen molar-refractivity contribution in [1.82, 2.24) is 5.32 Å². The third-order valence-corrected chi connectivity index (χ3v) is 5.22. The number of benzene rings is 1. The quantitative estimate of drug-likeness (QED) is 0.884. The summed E-state index contributed by atoms with van der Waals surface area (Å²) >= 11 is 12.7. The lowest BCUT2D eigenvalue weighted by Crippen LogP contribution is -2.41. The summed E-state index contributed by atoms with van der Waals surface area (Å²) in [5, 5.41) is 5.26. The van der Waals surface area contributed by atoms with Crippen molar-refractivity contribution >= 4 is 23.2 Å². The molecule has 1 aliphatic carbocycles. The fourth-order valence-corrected chi connectivity index (χ4v) is 3.48. The van der Waals surface area contributed by atoms with Crippen molar-refractivity contribution in [2.45, 2.75) is 38.1 Å². The van der Waals surface area contributed by atoms with Crippen LogP contribution in [0.4, 0.5) is 0 Å². The molecule has 1 N–H and O–H groups in total. The fraction of sp³-hybridized carbons (Fsp3) is 0.625. The smallest absolute Gasteiger partial charge is 0.0471 e. The van der Waals surface area contributed by atoms with Gasteiger partial charge in [0.15, 0.2) is 0 Å². The summed E-state index contributed by atoms with van der Waals surface area (Å²) in [6, 6.07) is 6.51. The van der Waals surface area contributed by atoms with E-state index < -0.39 is 0 Å². The zero-order valence-electron chi connectivity index (χ0n) is 11.6. The number of ether oxygens (including phenoxy) is 1. The minimum Gasteiger partial charge on any atom is -0.381 e. The summed E-state index contributed by atoms with van der Waals surface area (Å²) in [5.41, 5.74) is 1.32. The molecule has 2 nitrogen and oxygen atoms in total. The molecule has 20 heavy (non-hydrogen) atoms. The molecule has 0 unspecified atom stereocenters. The second-order valence-corrected chi connectivity index (χ2v) is 6.96. The van der Waals surface area contributed by atoms with Crippen LogP contribution in [0, 0.1) is 5.41 Å². The van der Waals surface area contributed by atoms with Gasteiger partial charge in [0.25, 0.3) is 0 Å². The Labute approximate surface area is 130 Å². The zero-order chi connectivity index (χ0) is 14.0. The van der Waals surface area contributed by atoms with Crippen molar-refractivity contribution in [1.29, 1.82) is 0 Å². The molecule has 0 amide bonds. The SMILES string of the molecule is Clc1cccc(Cl)c1CC1(CNC2CC2)CCOCC1. The van der Waals surface area contributed by atoms with Crippen LogP contribution >= 0.6 is 23.2 Å². The van der Waals surface area contributed by atoms with Gasteiger partial charge in [-0.1, -0.05) is 29.3 Å². The van der Waals surface area contributed by atoms with Gasteiger partial charge < -0.3 is 10.1 Å². The molecule has 3 rings (SSSR count). The normalized spacial score (nSPS) is 21.9. The van der Waals surface area contributed by atoms with Crippen LogP contribution in [0.2, 0.25) is 10.0 Å². The van der Waals surface area contributed by atoms with Gasteiger partial charge in [-0.05, 0) is 55.2 Å². The topological polar surface area (TPSA) is 21.3 Å². The largest absolute Gasteiger partial charge is 0.381 e. The summed E-state index contributed by atoms with van der Waals surface area (Å²) < 4.78 is 5.55. The Morgan fingerprint density at radius 3 is 2.40 bits per heavy atom. The lowest BCUT2D eigenvalue weighted by Gasteiger charge is -2.38. The van der Waals surface area contributed by atoms with Crippen LogP contribution in [-0.4, -0.2) is 25.8 Å². The van der Waals surface area contributed by atoms with Gasteiger partial charge in [-0.2, -0.15) is 0 Å².